The highest BCUT2D eigenvalue weighted by atomic mass is 14.8. The number of hydrogen-bond acceptors (Lipinski definition) is 2. The van der Waals surface area contributed by atoms with E-state index in [1.54, 1.807) is 0 Å². The molecule has 0 aliphatic heterocycles. The Morgan fingerprint density at radius 2 is 2.12 bits per heavy atom. The maximum atomic E-state index is 4.02. The van der Waals surface area contributed by atoms with Crippen molar-refractivity contribution in [2.75, 3.05) is 19.4 Å². The molecule has 1 saturated carbocycles. The summed E-state index contributed by atoms with van der Waals surface area (Å²) in [5.74, 6) is 0.889. The van der Waals surface area contributed by atoms with Crippen LogP contribution in [0.25, 0.3) is 5.70 Å². The Bertz CT molecular complexity index is 405. The van der Waals surface area contributed by atoms with Gasteiger partial charge in [0.25, 0.3) is 0 Å². The van der Waals surface area contributed by atoms with Crippen LogP contribution in [0.1, 0.15) is 30.4 Å². The fourth-order valence-corrected chi connectivity index (χ4v) is 2.35. The lowest BCUT2D eigenvalue weighted by molar-refractivity contribution is 0.315. The van der Waals surface area contributed by atoms with E-state index in [0.717, 1.165) is 11.6 Å². The highest BCUT2D eigenvalue weighted by Crippen LogP contribution is 2.32. The second-order valence-electron chi connectivity index (χ2n) is 4.85. The minimum absolute atomic E-state index is 0.889. The zero-order valence-corrected chi connectivity index (χ0v) is 10.8. The van der Waals surface area contributed by atoms with Crippen molar-refractivity contribution in [2.24, 2.45) is 5.92 Å². The summed E-state index contributed by atoms with van der Waals surface area (Å²) < 4.78 is 0. The molecule has 1 aliphatic carbocycles. The summed E-state index contributed by atoms with van der Waals surface area (Å²) in [5, 5.41) is 6.40. The Morgan fingerprint density at radius 3 is 2.65 bits per heavy atom. The SMILES string of the molecule is C=C(NC)c1ccc(NC)c(CC2CCC2)c1. The number of hydrogen-bond donors (Lipinski definition) is 2. The van der Waals surface area contributed by atoms with E-state index in [1.807, 2.05) is 14.1 Å². The van der Waals surface area contributed by atoms with E-state index in [1.165, 1.54) is 42.5 Å². The molecule has 0 heterocycles. The van der Waals surface area contributed by atoms with Gasteiger partial charge >= 0.3 is 0 Å². The van der Waals surface area contributed by atoms with Crippen LogP contribution in [0, 0.1) is 5.92 Å². The van der Waals surface area contributed by atoms with Crippen LogP contribution in [-0.4, -0.2) is 14.1 Å². The first-order valence-corrected chi connectivity index (χ1v) is 6.42. The van der Waals surface area contributed by atoms with Gasteiger partial charge in [-0.15, -0.1) is 0 Å². The van der Waals surface area contributed by atoms with Gasteiger partial charge in [-0.1, -0.05) is 31.9 Å². The molecule has 0 unspecified atom stereocenters. The largest absolute Gasteiger partial charge is 0.388 e. The number of nitrogens with one attached hydrogen (secondary N) is 2. The molecule has 1 aromatic carbocycles. The Balaban J connectivity index is 2.22. The summed E-state index contributed by atoms with van der Waals surface area (Å²) >= 11 is 0. The van der Waals surface area contributed by atoms with Crippen molar-refractivity contribution in [2.45, 2.75) is 25.7 Å². The van der Waals surface area contributed by atoms with Crippen molar-refractivity contribution in [3.63, 3.8) is 0 Å². The van der Waals surface area contributed by atoms with Crippen LogP contribution in [0.15, 0.2) is 24.8 Å². The van der Waals surface area contributed by atoms with Crippen LogP contribution in [0.4, 0.5) is 5.69 Å². The molecule has 0 atom stereocenters. The second kappa shape index (κ2) is 5.26. The summed E-state index contributed by atoms with van der Waals surface area (Å²) in [7, 11) is 3.91. The summed E-state index contributed by atoms with van der Waals surface area (Å²) in [6.07, 6.45) is 5.38. The highest BCUT2D eigenvalue weighted by Gasteiger charge is 2.19. The third kappa shape index (κ3) is 2.63. The van der Waals surface area contributed by atoms with Gasteiger partial charge < -0.3 is 10.6 Å². The van der Waals surface area contributed by atoms with Crippen molar-refractivity contribution >= 4 is 11.4 Å². The standard InChI is InChI=1S/C15H22N2/c1-11(16-2)13-7-8-15(17-3)14(10-13)9-12-5-4-6-12/h7-8,10,12,16-17H,1,4-6,9H2,2-3H3. The van der Waals surface area contributed by atoms with Crippen LogP contribution >= 0.6 is 0 Å². The average molecular weight is 230 g/mol. The quantitative estimate of drug-likeness (QED) is 0.811. The Morgan fingerprint density at radius 1 is 1.35 bits per heavy atom. The zero-order chi connectivity index (χ0) is 12.3. The lowest BCUT2D eigenvalue weighted by Gasteiger charge is -2.26. The molecule has 2 nitrogen and oxygen atoms in total. The summed E-state index contributed by atoms with van der Waals surface area (Å²) in [4.78, 5) is 0. The van der Waals surface area contributed by atoms with E-state index in [4.69, 9.17) is 0 Å². The minimum atomic E-state index is 0.889. The van der Waals surface area contributed by atoms with Gasteiger partial charge in [-0.3, -0.25) is 0 Å². The maximum Gasteiger partial charge on any atom is 0.0370 e. The van der Waals surface area contributed by atoms with Crippen LogP contribution in [0.3, 0.4) is 0 Å². The van der Waals surface area contributed by atoms with E-state index < -0.39 is 0 Å². The van der Waals surface area contributed by atoms with Crippen molar-refractivity contribution in [1.29, 1.82) is 0 Å². The predicted molar refractivity (Wildman–Crippen MR) is 75.1 cm³/mol. The van der Waals surface area contributed by atoms with E-state index in [2.05, 4.69) is 35.4 Å². The lowest BCUT2D eigenvalue weighted by Crippen LogP contribution is -2.15. The minimum Gasteiger partial charge on any atom is -0.388 e. The predicted octanol–water partition coefficient (Wildman–Crippen LogP) is 3.26. The van der Waals surface area contributed by atoms with Crippen LogP contribution in [0.5, 0.6) is 0 Å². The molecule has 92 valence electrons. The Labute approximate surface area is 104 Å². The molecule has 0 aromatic heterocycles. The van der Waals surface area contributed by atoms with Gasteiger partial charge in [0.1, 0.15) is 0 Å². The van der Waals surface area contributed by atoms with Crippen LogP contribution < -0.4 is 10.6 Å². The molecule has 17 heavy (non-hydrogen) atoms. The number of benzene rings is 1. The van der Waals surface area contributed by atoms with E-state index in [-0.39, 0.29) is 0 Å². The van der Waals surface area contributed by atoms with Gasteiger partial charge in [-0.05, 0) is 35.6 Å². The molecule has 0 bridgehead atoms. The van der Waals surface area contributed by atoms with E-state index in [9.17, 15) is 0 Å². The maximum absolute atomic E-state index is 4.02. The molecule has 1 aromatic rings. The van der Waals surface area contributed by atoms with Crippen molar-refractivity contribution in [3.05, 3.63) is 35.9 Å². The van der Waals surface area contributed by atoms with Gasteiger partial charge in [-0.2, -0.15) is 0 Å². The summed E-state index contributed by atoms with van der Waals surface area (Å²) in [6, 6.07) is 6.55. The number of anilines is 1. The first kappa shape index (κ1) is 12.0. The second-order valence-corrected chi connectivity index (χ2v) is 4.85. The smallest absolute Gasteiger partial charge is 0.0370 e. The van der Waals surface area contributed by atoms with Gasteiger partial charge in [0.05, 0.1) is 0 Å². The molecule has 0 amide bonds. The van der Waals surface area contributed by atoms with Gasteiger partial charge in [0, 0.05) is 25.5 Å². The highest BCUT2D eigenvalue weighted by molar-refractivity contribution is 5.66. The monoisotopic (exact) mass is 230 g/mol. The molecule has 2 N–H and O–H groups in total. The van der Waals surface area contributed by atoms with Crippen LogP contribution in [-0.2, 0) is 6.42 Å². The number of rotatable bonds is 5. The average Bonchev–Trinajstić information content (AvgIpc) is 2.32. The Kier molecular flexibility index (Phi) is 3.72. The first-order chi connectivity index (χ1) is 8.24. The van der Waals surface area contributed by atoms with E-state index >= 15 is 0 Å². The van der Waals surface area contributed by atoms with Gasteiger partial charge in [0.15, 0.2) is 0 Å². The summed E-state index contributed by atoms with van der Waals surface area (Å²) in [5.41, 5.74) is 4.86. The first-order valence-electron chi connectivity index (χ1n) is 6.42. The van der Waals surface area contributed by atoms with E-state index in [0.29, 0.717) is 0 Å². The van der Waals surface area contributed by atoms with Crippen molar-refractivity contribution in [1.82, 2.24) is 5.32 Å². The topological polar surface area (TPSA) is 24.1 Å². The molecule has 0 saturated heterocycles. The van der Waals surface area contributed by atoms with Crippen LogP contribution in [0.2, 0.25) is 0 Å². The van der Waals surface area contributed by atoms with Crippen molar-refractivity contribution < 1.29 is 0 Å². The third-order valence-electron chi connectivity index (χ3n) is 3.76. The molecule has 0 spiro atoms. The van der Waals surface area contributed by atoms with Crippen molar-refractivity contribution in [3.8, 4) is 0 Å². The zero-order valence-electron chi connectivity index (χ0n) is 10.8. The normalized spacial score (nSPS) is 15.2. The molecule has 1 fully saturated rings. The molecule has 1 aliphatic rings. The lowest BCUT2D eigenvalue weighted by atomic mass is 9.80. The molecule has 0 radical (unpaired) electrons. The Hall–Kier alpha value is -1.44. The molecular weight excluding hydrogens is 208 g/mol. The third-order valence-corrected chi connectivity index (χ3v) is 3.76. The fourth-order valence-electron chi connectivity index (χ4n) is 2.35. The molecular formula is C15H22N2. The molecule has 2 rings (SSSR count). The summed E-state index contributed by atoms with van der Waals surface area (Å²) in [6.45, 7) is 4.02. The van der Waals surface area contributed by atoms with Gasteiger partial charge in [0.2, 0.25) is 0 Å². The molecule has 2 heteroatoms. The fraction of sp³-hybridized carbons (Fsp3) is 0.467. The van der Waals surface area contributed by atoms with Gasteiger partial charge in [-0.25, -0.2) is 0 Å².